The van der Waals surface area contributed by atoms with Gasteiger partial charge in [0, 0.05) is 5.33 Å². The molecule has 1 amide bonds. The molecule has 0 heterocycles. The van der Waals surface area contributed by atoms with Gasteiger partial charge in [0.05, 0.1) is 7.11 Å². The molecule has 0 saturated heterocycles. The zero-order valence-electron chi connectivity index (χ0n) is 12.8. The third-order valence-corrected chi connectivity index (χ3v) is 2.84. The van der Waals surface area contributed by atoms with Crippen LogP contribution in [0.5, 0.6) is 0 Å². The van der Waals surface area contributed by atoms with Gasteiger partial charge in [-0.1, -0.05) is 28.1 Å². The monoisotopic (exact) mass is 349 g/mol. The maximum atomic E-state index is 11.9. The lowest BCUT2D eigenvalue weighted by Crippen LogP contribution is -2.53. The maximum Gasteiger partial charge on any atom is 0.408 e. The number of hydrogen-bond donors (Lipinski definition) is 1. The molecule has 0 aliphatic heterocycles. The molecular weight excluding hydrogens is 326 g/mol. The molecule has 5 nitrogen and oxygen atoms in total. The highest BCUT2D eigenvalue weighted by atomic mass is 79.9. The Bertz CT molecular complexity index is 363. The van der Waals surface area contributed by atoms with Crippen LogP contribution in [-0.2, 0) is 14.3 Å². The van der Waals surface area contributed by atoms with E-state index in [4.69, 9.17) is 9.47 Å². The fourth-order valence-electron chi connectivity index (χ4n) is 1.44. The van der Waals surface area contributed by atoms with Gasteiger partial charge >= 0.3 is 12.1 Å². The number of carbonyl (C=O) groups is 2. The van der Waals surface area contributed by atoms with E-state index in [9.17, 15) is 9.59 Å². The van der Waals surface area contributed by atoms with Gasteiger partial charge in [-0.05, 0) is 40.5 Å². The molecule has 0 spiro atoms. The molecule has 116 valence electrons. The lowest BCUT2D eigenvalue weighted by atomic mass is 9.97. The first-order chi connectivity index (χ1) is 9.14. The van der Waals surface area contributed by atoms with Crippen LogP contribution in [0.15, 0.2) is 12.2 Å². The molecule has 0 aromatic carbocycles. The summed E-state index contributed by atoms with van der Waals surface area (Å²) >= 11 is 3.31. The van der Waals surface area contributed by atoms with Crippen LogP contribution < -0.4 is 5.32 Å². The Hall–Kier alpha value is -1.04. The first-order valence-electron chi connectivity index (χ1n) is 6.45. The summed E-state index contributed by atoms with van der Waals surface area (Å²) in [6, 6.07) is 0. The number of hydrogen-bond acceptors (Lipinski definition) is 4. The summed E-state index contributed by atoms with van der Waals surface area (Å²) in [4.78, 5) is 23.7. The molecule has 0 aromatic heterocycles. The number of alkyl halides is 1. The minimum Gasteiger partial charge on any atom is -0.467 e. The van der Waals surface area contributed by atoms with Gasteiger partial charge in [0.15, 0.2) is 0 Å². The number of ether oxygens (including phenoxy) is 2. The van der Waals surface area contributed by atoms with Crippen LogP contribution in [-0.4, -0.2) is 35.6 Å². The molecule has 0 bridgehead atoms. The number of carbonyl (C=O) groups excluding carboxylic acids is 2. The van der Waals surface area contributed by atoms with Crippen LogP contribution in [0.3, 0.4) is 0 Å². The average Bonchev–Trinajstić information content (AvgIpc) is 2.31. The predicted molar refractivity (Wildman–Crippen MR) is 82.0 cm³/mol. The van der Waals surface area contributed by atoms with Crippen molar-refractivity contribution in [3.8, 4) is 0 Å². The highest BCUT2D eigenvalue weighted by Crippen LogP contribution is 2.15. The van der Waals surface area contributed by atoms with Crippen LogP contribution in [0.25, 0.3) is 0 Å². The first-order valence-corrected chi connectivity index (χ1v) is 7.57. The molecule has 0 aromatic rings. The molecule has 0 aliphatic rings. The lowest BCUT2D eigenvalue weighted by molar-refractivity contribution is -0.147. The van der Waals surface area contributed by atoms with Crippen LogP contribution in [0.4, 0.5) is 4.79 Å². The van der Waals surface area contributed by atoms with E-state index >= 15 is 0 Å². The van der Waals surface area contributed by atoms with Crippen LogP contribution in [0.1, 0.15) is 40.5 Å². The fraction of sp³-hybridized carbons (Fsp3) is 0.714. The van der Waals surface area contributed by atoms with Crippen LogP contribution in [0.2, 0.25) is 0 Å². The van der Waals surface area contributed by atoms with E-state index in [1.807, 2.05) is 12.2 Å². The minimum absolute atomic E-state index is 0.339. The van der Waals surface area contributed by atoms with E-state index in [1.165, 1.54) is 7.11 Å². The third-order valence-electron chi connectivity index (χ3n) is 2.38. The SMILES string of the molecule is COC(=O)C(C)(C/C=C\CCBr)NC(=O)OC(C)(C)C. The molecule has 0 radical (unpaired) electrons. The largest absolute Gasteiger partial charge is 0.467 e. The molecule has 1 unspecified atom stereocenters. The number of esters is 1. The summed E-state index contributed by atoms with van der Waals surface area (Å²) in [6.07, 6.45) is 4.33. The summed E-state index contributed by atoms with van der Waals surface area (Å²) in [5.41, 5.74) is -1.76. The predicted octanol–water partition coefficient (Wildman–Crippen LogP) is 3.17. The summed E-state index contributed by atoms with van der Waals surface area (Å²) in [5.74, 6) is -0.508. The lowest BCUT2D eigenvalue weighted by Gasteiger charge is -2.28. The normalized spacial score (nSPS) is 14.7. The van der Waals surface area contributed by atoms with Crippen LogP contribution in [0, 0.1) is 0 Å². The number of rotatable bonds is 6. The second-order valence-corrected chi connectivity index (χ2v) is 6.40. The van der Waals surface area contributed by atoms with Gasteiger partial charge in [-0.15, -0.1) is 0 Å². The van der Waals surface area contributed by atoms with Crippen molar-refractivity contribution in [3.63, 3.8) is 0 Å². The summed E-state index contributed by atoms with van der Waals surface area (Å²) in [6.45, 7) is 6.90. The molecule has 0 fully saturated rings. The summed E-state index contributed by atoms with van der Waals surface area (Å²) in [5, 5.41) is 3.42. The molecule has 20 heavy (non-hydrogen) atoms. The zero-order chi connectivity index (χ0) is 15.8. The third kappa shape index (κ3) is 7.53. The fourth-order valence-corrected chi connectivity index (χ4v) is 1.70. The van der Waals surface area contributed by atoms with Crippen molar-refractivity contribution < 1.29 is 19.1 Å². The maximum absolute atomic E-state index is 11.9. The minimum atomic E-state index is -1.14. The topological polar surface area (TPSA) is 64.6 Å². The number of amides is 1. The van der Waals surface area contributed by atoms with Crippen molar-refractivity contribution >= 4 is 28.0 Å². The van der Waals surface area contributed by atoms with Crippen molar-refractivity contribution in [3.05, 3.63) is 12.2 Å². The van der Waals surface area contributed by atoms with Crippen LogP contribution >= 0.6 is 15.9 Å². The number of alkyl carbamates (subject to hydrolysis) is 1. The van der Waals surface area contributed by atoms with Crippen molar-refractivity contribution in [1.29, 1.82) is 0 Å². The number of allylic oxidation sites excluding steroid dienone is 1. The van der Waals surface area contributed by atoms with E-state index in [0.717, 1.165) is 11.8 Å². The quantitative estimate of drug-likeness (QED) is 0.454. The van der Waals surface area contributed by atoms with Gasteiger partial charge in [0.25, 0.3) is 0 Å². The molecule has 6 heteroatoms. The van der Waals surface area contributed by atoms with Gasteiger partial charge in [-0.2, -0.15) is 0 Å². The number of halogens is 1. The number of nitrogens with one attached hydrogen (secondary N) is 1. The second-order valence-electron chi connectivity index (χ2n) is 5.60. The van der Waals surface area contributed by atoms with Crippen molar-refractivity contribution in [2.75, 3.05) is 12.4 Å². The zero-order valence-corrected chi connectivity index (χ0v) is 14.4. The van der Waals surface area contributed by atoms with Crippen molar-refractivity contribution in [1.82, 2.24) is 5.32 Å². The van der Waals surface area contributed by atoms with Gasteiger partial charge < -0.3 is 14.8 Å². The molecule has 0 saturated carbocycles. The Morgan fingerprint density at radius 1 is 1.20 bits per heavy atom. The highest BCUT2D eigenvalue weighted by Gasteiger charge is 2.36. The Morgan fingerprint density at radius 2 is 1.80 bits per heavy atom. The Kier molecular flexibility index (Phi) is 7.86. The Balaban J connectivity index is 4.78. The average molecular weight is 350 g/mol. The first kappa shape index (κ1) is 19.0. The number of methoxy groups -OCH3 is 1. The van der Waals surface area contributed by atoms with Crippen molar-refractivity contribution in [2.45, 2.75) is 51.7 Å². The van der Waals surface area contributed by atoms with E-state index in [-0.39, 0.29) is 0 Å². The molecule has 0 rings (SSSR count). The molecular formula is C14H24BrNO4. The highest BCUT2D eigenvalue weighted by molar-refractivity contribution is 9.09. The summed E-state index contributed by atoms with van der Waals surface area (Å²) in [7, 11) is 1.29. The van der Waals surface area contributed by atoms with E-state index in [2.05, 4.69) is 21.2 Å². The molecule has 1 N–H and O–H groups in total. The summed E-state index contributed by atoms with van der Waals surface area (Å²) < 4.78 is 9.92. The second kappa shape index (κ2) is 8.29. The van der Waals surface area contributed by atoms with Crippen molar-refractivity contribution in [2.24, 2.45) is 0 Å². The Morgan fingerprint density at radius 3 is 2.25 bits per heavy atom. The van der Waals surface area contributed by atoms with Gasteiger partial charge in [-0.25, -0.2) is 9.59 Å². The Labute approximate surface area is 129 Å². The van der Waals surface area contributed by atoms with E-state index in [1.54, 1.807) is 27.7 Å². The smallest absolute Gasteiger partial charge is 0.408 e. The molecule has 0 aliphatic carbocycles. The van der Waals surface area contributed by atoms with E-state index < -0.39 is 23.2 Å². The van der Waals surface area contributed by atoms with Gasteiger partial charge in [0.2, 0.25) is 0 Å². The molecule has 1 atom stereocenters. The van der Waals surface area contributed by atoms with E-state index in [0.29, 0.717) is 6.42 Å². The van der Waals surface area contributed by atoms with Gasteiger partial charge in [-0.3, -0.25) is 0 Å². The van der Waals surface area contributed by atoms with Gasteiger partial charge in [0.1, 0.15) is 11.1 Å². The standard InChI is InChI=1S/C14H24BrNO4/c1-13(2,3)20-12(18)16-14(4,11(17)19-5)9-7-6-8-10-15/h6-7H,8-10H2,1-5H3,(H,16,18)/b7-6-.